The average molecular weight is 333 g/mol. The number of hydrogen-bond acceptors (Lipinski definition) is 5. The first kappa shape index (κ1) is 16.7. The molecule has 1 aliphatic heterocycles. The summed E-state index contributed by atoms with van der Waals surface area (Å²) in [5.74, 6) is 2.54. The van der Waals surface area contributed by atoms with Crippen LogP contribution in [0.3, 0.4) is 0 Å². The molecule has 6 heteroatoms. The highest BCUT2D eigenvalue weighted by Crippen LogP contribution is 2.37. The third-order valence-corrected chi connectivity index (χ3v) is 3.94. The fourth-order valence-corrected chi connectivity index (χ4v) is 2.44. The second-order valence-electron chi connectivity index (χ2n) is 5.87. The second kappa shape index (κ2) is 7.58. The summed E-state index contributed by atoms with van der Waals surface area (Å²) >= 11 is 0. The van der Waals surface area contributed by atoms with Crippen molar-refractivity contribution in [2.75, 3.05) is 10.6 Å². The van der Waals surface area contributed by atoms with Gasteiger partial charge in [0.2, 0.25) is 5.91 Å². The van der Waals surface area contributed by atoms with Crippen LogP contribution in [0.15, 0.2) is 59.0 Å². The topological polar surface area (TPSA) is 78.7 Å². The summed E-state index contributed by atoms with van der Waals surface area (Å²) in [4.78, 5) is 16.1. The van der Waals surface area contributed by atoms with Crippen LogP contribution in [-0.4, -0.2) is 16.6 Å². The summed E-state index contributed by atoms with van der Waals surface area (Å²) in [5, 5.41) is 14.2. The van der Waals surface area contributed by atoms with Crippen LogP contribution >= 0.6 is 0 Å². The monoisotopic (exact) mass is 333 g/mol. The Balaban J connectivity index is 1.46. The number of nitrogens with one attached hydrogen (secondary N) is 2. The van der Waals surface area contributed by atoms with Crippen LogP contribution in [0.25, 0.3) is 0 Å². The lowest BCUT2D eigenvalue weighted by molar-refractivity contribution is -0.116. The van der Waals surface area contributed by atoms with Crippen molar-refractivity contribution in [2.45, 2.75) is 31.3 Å². The molecule has 1 aromatic heterocycles. The van der Waals surface area contributed by atoms with E-state index in [1.165, 1.54) is 0 Å². The summed E-state index contributed by atoms with van der Waals surface area (Å²) in [6.45, 7) is 0. The fourth-order valence-electron chi connectivity index (χ4n) is 2.44. The number of pyridine rings is 1. The molecule has 1 amide bonds. The summed E-state index contributed by atoms with van der Waals surface area (Å²) in [5.41, 5.74) is 2.24. The number of carbonyl (C=O) groups is 1. The molecule has 2 aromatic rings. The number of rotatable bonds is 8. The van der Waals surface area contributed by atoms with E-state index in [1.54, 1.807) is 12.4 Å². The van der Waals surface area contributed by atoms with Crippen LogP contribution in [0.1, 0.15) is 25.7 Å². The predicted molar refractivity (Wildman–Crippen MR) is 97.5 cm³/mol. The Kier molecular flexibility index (Phi) is 5.05. The SMILES string of the molecule is C#CCCC1(CCC(=O)Nc2ccc(Nc3ccncc3)cc2)N=N1. The van der Waals surface area contributed by atoms with Crippen molar-refractivity contribution in [2.24, 2.45) is 10.2 Å². The van der Waals surface area contributed by atoms with Crippen molar-refractivity contribution >= 4 is 23.0 Å². The molecule has 0 fully saturated rings. The number of amides is 1. The molecule has 6 nitrogen and oxygen atoms in total. The lowest BCUT2D eigenvalue weighted by Crippen LogP contribution is -2.17. The largest absolute Gasteiger partial charge is 0.355 e. The Morgan fingerprint density at radius 2 is 1.64 bits per heavy atom. The zero-order valence-electron chi connectivity index (χ0n) is 13.8. The molecular formula is C19H19N5O. The van der Waals surface area contributed by atoms with E-state index in [0.29, 0.717) is 25.7 Å². The first-order valence-electron chi connectivity index (χ1n) is 8.14. The Bertz CT molecular complexity index is 787. The first-order chi connectivity index (χ1) is 12.2. The van der Waals surface area contributed by atoms with E-state index in [-0.39, 0.29) is 5.91 Å². The molecule has 0 bridgehead atoms. The van der Waals surface area contributed by atoms with Crippen molar-refractivity contribution in [3.63, 3.8) is 0 Å². The Labute approximate surface area is 146 Å². The highest BCUT2D eigenvalue weighted by molar-refractivity contribution is 5.91. The number of anilines is 3. The number of terminal acetylenes is 1. The number of carbonyl (C=O) groups excluding carboxylic acids is 1. The van der Waals surface area contributed by atoms with Crippen LogP contribution in [0, 0.1) is 12.3 Å². The van der Waals surface area contributed by atoms with Crippen molar-refractivity contribution in [1.29, 1.82) is 0 Å². The lowest BCUT2D eigenvalue weighted by atomic mass is 10.0. The third kappa shape index (κ3) is 4.88. The van der Waals surface area contributed by atoms with E-state index in [4.69, 9.17) is 6.42 Å². The van der Waals surface area contributed by atoms with E-state index in [0.717, 1.165) is 17.1 Å². The summed E-state index contributed by atoms with van der Waals surface area (Å²) in [7, 11) is 0. The zero-order valence-corrected chi connectivity index (χ0v) is 13.8. The number of hydrogen-bond donors (Lipinski definition) is 2. The zero-order chi connectivity index (χ0) is 17.5. The molecule has 25 heavy (non-hydrogen) atoms. The van der Waals surface area contributed by atoms with Crippen LogP contribution < -0.4 is 10.6 Å². The van der Waals surface area contributed by atoms with Gasteiger partial charge in [-0.3, -0.25) is 9.78 Å². The first-order valence-corrected chi connectivity index (χ1v) is 8.14. The summed E-state index contributed by atoms with van der Waals surface area (Å²) in [6, 6.07) is 11.3. The molecule has 0 unspecified atom stereocenters. The molecule has 0 radical (unpaired) electrons. The van der Waals surface area contributed by atoms with Gasteiger partial charge in [-0.2, -0.15) is 10.2 Å². The van der Waals surface area contributed by atoms with E-state index in [1.807, 2.05) is 36.4 Å². The molecule has 2 heterocycles. The average Bonchev–Trinajstić information content (AvgIpc) is 3.41. The fraction of sp³-hybridized carbons (Fsp3) is 0.263. The quantitative estimate of drug-likeness (QED) is 0.713. The van der Waals surface area contributed by atoms with Gasteiger partial charge < -0.3 is 10.6 Å². The van der Waals surface area contributed by atoms with Crippen molar-refractivity contribution in [3.8, 4) is 12.3 Å². The Morgan fingerprint density at radius 1 is 1.00 bits per heavy atom. The van der Waals surface area contributed by atoms with E-state index >= 15 is 0 Å². The molecule has 0 saturated heterocycles. The minimum atomic E-state index is -0.415. The molecule has 0 saturated carbocycles. The minimum absolute atomic E-state index is 0.0489. The third-order valence-electron chi connectivity index (χ3n) is 3.94. The van der Waals surface area contributed by atoms with Crippen LogP contribution in [-0.2, 0) is 4.79 Å². The highest BCUT2D eigenvalue weighted by atomic mass is 16.1. The summed E-state index contributed by atoms with van der Waals surface area (Å²) in [6.07, 6.45) is 11.0. The molecule has 1 aliphatic rings. The number of nitrogens with zero attached hydrogens (tertiary/aromatic N) is 3. The molecule has 3 rings (SSSR count). The van der Waals surface area contributed by atoms with Gasteiger partial charge in [-0.1, -0.05) is 0 Å². The van der Waals surface area contributed by atoms with Crippen LogP contribution in [0.4, 0.5) is 17.1 Å². The standard InChI is InChI=1S/C19H19N5O/c1-2-3-11-19(23-24-19)12-8-18(25)22-16-6-4-15(5-7-16)21-17-9-13-20-14-10-17/h1,4-7,9-10,13-14H,3,8,11-12H2,(H,20,21)(H,22,25). The van der Waals surface area contributed by atoms with Gasteiger partial charge in [0.1, 0.15) is 0 Å². The van der Waals surface area contributed by atoms with Gasteiger partial charge >= 0.3 is 0 Å². The predicted octanol–water partition coefficient (Wildman–Crippen LogP) is 4.12. The number of aromatic nitrogens is 1. The van der Waals surface area contributed by atoms with Crippen molar-refractivity contribution in [3.05, 3.63) is 48.8 Å². The van der Waals surface area contributed by atoms with Gasteiger partial charge in [0.25, 0.3) is 0 Å². The normalized spacial score (nSPS) is 13.7. The van der Waals surface area contributed by atoms with E-state index in [9.17, 15) is 4.79 Å². The van der Waals surface area contributed by atoms with Gasteiger partial charge in [-0.05, 0) is 36.4 Å². The van der Waals surface area contributed by atoms with Gasteiger partial charge in [0.15, 0.2) is 5.66 Å². The van der Waals surface area contributed by atoms with Crippen molar-refractivity contribution < 1.29 is 4.79 Å². The van der Waals surface area contributed by atoms with Crippen molar-refractivity contribution in [1.82, 2.24) is 4.98 Å². The van der Waals surface area contributed by atoms with Gasteiger partial charge in [0, 0.05) is 55.1 Å². The highest BCUT2D eigenvalue weighted by Gasteiger charge is 2.39. The van der Waals surface area contributed by atoms with Crippen LogP contribution in [0.5, 0.6) is 0 Å². The maximum Gasteiger partial charge on any atom is 0.224 e. The smallest absolute Gasteiger partial charge is 0.224 e. The van der Waals surface area contributed by atoms with E-state index in [2.05, 4.69) is 31.8 Å². The molecule has 2 N–H and O–H groups in total. The number of benzene rings is 1. The van der Waals surface area contributed by atoms with E-state index < -0.39 is 5.66 Å². The maximum atomic E-state index is 12.1. The van der Waals surface area contributed by atoms with Crippen LogP contribution in [0.2, 0.25) is 0 Å². The minimum Gasteiger partial charge on any atom is -0.355 e. The molecule has 0 aliphatic carbocycles. The van der Waals surface area contributed by atoms with Gasteiger partial charge in [-0.25, -0.2) is 0 Å². The lowest BCUT2D eigenvalue weighted by Gasteiger charge is -2.10. The molecule has 0 spiro atoms. The molecule has 1 aromatic carbocycles. The van der Waals surface area contributed by atoms with Gasteiger partial charge in [0.05, 0.1) is 0 Å². The Morgan fingerprint density at radius 3 is 2.28 bits per heavy atom. The maximum absolute atomic E-state index is 12.1. The molecule has 126 valence electrons. The van der Waals surface area contributed by atoms with Gasteiger partial charge in [-0.15, -0.1) is 12.3 Å². The second-order valence-corrected chi connectivity index (χ2v) is 5.87. The molecule has 0 atom stereocenters. The Hall–Kier alpha value is -3.20. The summed E-state index contributed by atoms with van der Waals surface area (Å²) < 4.78 is 0. The molecular weight excluding hydrogens is 314 g/mol.